The number of fused-ring (bicyclic) bond motifs is 1. The van der Waals surface area contributed by atoms with Crippen LogP contribution in [-0.4, -0.2) is 38.6 Å². The number of aromatic nitrogens is 4. The highest BCUT2D eigenvalue weighted by Gasteiger charge is 2.23. The Balaban J connectivity index is 2.27. The van der Waals surface area contributed by atoms with Crippen LogP contribution in [0.5, 0.6) is 0 Å². The average Bonchev–Trinajstić information content (AvgIpc) is 2.88. The normalized spacial score (nSPS) is 12.5. The second kappa shape index (κ2) is 6.95. The first kappa shape index (κ1) is 14.4. The van der Waals surface area contributed by atoms with Gasteiger partial charge in [-0.25, -0.2) is 19.7 Å². The molecule has 0 amide bonds. The van der Waals surface area contributed by atoms with Gasteiger partial charge in [-0.1, -0.05) is 0 Å². The summed E-state index contributed by atoms with van der Waals surface area (Å²) < 4.78 is 6.90. The predicted octanol–water partition coefficient (Wildman–Crippen LogP) is 1.06. The summed E-state index contributed by atoms with van der Waals surface area (Å²) in [6, 6.07) is -0.415. The summed E-state index contributed by atoms with van der Waals surface area (Å²) in [7, 11) is 0. The lowest BCUT2D eigenvalue weighted by atomic mass is 10.1. The standard InChI is InChI=1S/C13H19N5O2/c1-2-20-13(19)11(5-3-4-6-14)18-9-17-10-7-15-8-16-12(10)18/h7-9,11H,2-6,14H2,1H3. The zero-order valence-electron chi connectivity index (χ0n) is 11.5. The Morgan fingerprint density at radius 3 is 3.05 bits per heavy atom. The maximum absolute atomic E-state index is 12.1. The van der Waals surface area contributed by atoms with Gasteiger partial charge < -0.3 is 15.0 Å². The number of esters is 1. The van der Waals surface area contributed by atoms with Crippen LogP contribution in [0.25, 0.3) is 11.2 Å². The maximum Gasteiger partial charge on any atom is 0.329 e. The lowest BCUT2D eigenvalue weighted by molar-refractivity contribution is -0.147. The number of unbranched alkanes of at least 4 members (excludes halogenated alkanes) is 1. The maximum atomic E-state index is 12.1. The molecule has 0 saturated carbocycles. The Hall–Kier alpha value is -2.02. The molecule has 108 valence electrons. The van der Waals surface area contributed by atoms with Gasteiger partial charge in [-0.2, -0.15) is 0 Å². The van der Waals surface area contributed by atoms with Crippen molar-refractivity contribution in [2.75, 3.05) is 13.2 Å². The minimum Gasteiger partial charge on any atom is -0.464 e. The first-order chi connectivity index (χ1) is 9.77. The number of imidazole rings is 1. The lowest BCUT2D eigenvalue weighted by Gasteiger charge is -2.17. The van der Waals surface area contributed by atoms with Gasteiger partial charge in [0, 0.05) is 0 Å². The molecule has 7 heteroatoms. The van der Waals surface area contributed by atoms with Crippen LogP contribution in [0.4, 0.5) is 0 Å². The Labute approximate surface area is 117 Å². The van der Waals surface area contributed by atoms with Crippen LogP contribution >= 0.6 is 0 Å². The zero-order valence-corrected chi connectivity index (χ0v) is 11.5. The predicted molar refractivity (Wildman–Crippen MR) is 73.9 cm³/mol. The molecule has 2 aromatic heterocycles. The molecule has 2 rings (SSSR count). The molecule has 7 nitrogen and oxygen atoms in total. The fraction of sp³-hybridized carbons (Fsp3) is 0.538. The summed E-state index contributed by atoms with van der Waals surface area (Å²) >= 11 is 0. The van der Waals surface area contributed by atoms with Crippen molar-refractivity contribution in [3.05, 3.63) is 18.9 Å². The number of rotatable bonds is 7. The van der Waals surface area contributed by atoms with E-state index in [-0.39, 0.29) is 5.97 Å². The third-order valence-corrected chi connectivity index (χ3v) is 3.06. The summed E-state index contributed by atoms with van der Waals surface area (Å²) in [5.74, 6) is -0.262. The third kappa shape index (κ3) is 3.11. The van der Waals surface area contributed by atoms with Crippen molar-refractivity contribution in [2.24, 2.45) is 5.73 Å². The number of hydrogen-bond donors (Lipinski definition) is 1. The summed E-state index contributed by atoms with van der Waals surface area (Å²) in [5, 5.41) is 0. The largest absolute Gasteiger partial charge is 0.464 e. The highest BCUT2D eigenvalue weighted by molar-refractivity contribution is 5.78. The summed E-state index contributed by atoms with van der Waals surface area (Å²) in [4.78, 5) is 24.5. The molecule has 0 aliphatic heterocycles. The monoisotopic (exact) mass is 277 g/mol. The minimum absolute atomic E-state index is 0.262. The van der Waals surface area contributed by atoms with E-state index >= 15 is 0 Å². The van der Waals surface area contributed by atoms with Gasteiger partial charge in [0.05, 0.1) is 19.1 Å². The van der Waals surface area contributed by atoms with Gasteiger partial charge in [-0.15, -0.1) is 0 Å². The lowest BCUT2D eigenvalue weighted by Crippen LogP contribution is -2.22. The van der Waals surface area contributed by atoms with Crippen LogP contribution < -0.4 is 5.73 Å². The quantitative estimate of drug-likeness (QED) is 0.600. The molecule has 0 aromatic carbocycles. The van der Waals surface area contributed by atoms with Crippen LogP contribution in [0.15, 0.2) is 18.9 Å². The van der Waals surface area contributed by atoms with E-state index in [2.05, 4.69) is 15.0 Å². The molecule has 2 N–H and O–H groups in total. The second-order valence-electron chi connectivity index (χ2n) is 4.44. The topological polar surface area (TPSA) is 95.9 Å². The van der Waals surface area contributed by atoms with Gasteiger partial charge in [0.1, 0.15) is 17.9 Å². The molecule has 2 aromatic rings. The van der Waals surface area contributed by atoms with E-state index in [1.165, 1.54) is 6.33 Å². The number of nitrogens with two attached hydrogens (primary N) is 1. The molecule has 0 fully saturated rings. The number of carbonyl (C=O) groups is 1. The number of hydrogen-bond acceptors (Lipinski definition) is 6. The fourth-order valence-corrected chi connectivity index (χ4v) is 2.10. The van der Waals surface area contributed by atoms with Crippen LogP contribution in [0.2, 0.25) is 0 Å². The van der Waals surface area contributed by atoms with E-state index in [1.54, 1.807) is 24.0 Å². The highest BCUT2D eigenvalue weighted by atomic mass is 16.5. The molecule has 0 saturated heterocycles. The molecular weight excluding hydrogens is 258 g/mol. The Morgan fingerprint density at radius 2 is 2.30 bits per heavy atom. The number of nitrogens with zero attached hydrogens (tertiary/aromatic N) is 4. The van der Waals surface area contributed by atoms with E-state index in [1.807, 2.05) is 0 Å². The Kier molecular flexibility index (Phi) is 5.00. The molecule has 0 bridgehead atoms. The Morgan fingerprint density at radius 1 is 1.45 bits per heavy atom. The average molecular weight is 277 g/mol. The first-order valence-corrected chi connectivity index (χ1v) is 6.77. The zero-order chi connectivity index (χ0) is 14.4. The molecule has 1 atom stereocenters. The van der Waals surface area contributed by atoms with E-state index < -0.39 is 6.04 Å². The molecule has 0 aliphatic rings. The van der Waals surface area contributed by atoms with Gasteiger partial charge >= 0.3 is 5.97 Å². The van der Waals surface area contributed by atoms with Crippen molar-refractivity contribution >= 4 is 17.1 Å². The summed E-state index contributed by atoms with van der Waals surface area (Å²) in [5.41, 5.74) is 6.81. The van der Waals surface area contributed by atoms with E-state index in [0.29, 0.717) is 30.7 Å². The van der Waals surface area contributed by atoms with Gasteiger partial charge in [-0.05, 0) is 32.7 Å². The number of carbonyl (C=O) groups excluding carboxylic acids is 1. The molecule has 0 radical (unpaired) electrons. The van der Waals surface area contributed by atoms with Crippen molar-refractivity contribution in [1.29, 1.82) is 0 Å². The molecule has 1 unspecified atom stereocenters. The van der Waals surface area contributed by atoms with Crippen molar-refractivity contribution in [1.82, 2.24) is 19.5 Å². The van der Waals surface area contributed by atoms with Crippen LogP contribution in [0, 0.1) is 0 Å². The molecule has 2 heterocycles. The summed E-state index contributed by atoms with van der Waals surface area (Å²) in [6.07, 6.45) is 7.07. The van der Waals surface area contributed by atoms with E-state index in [4.69, 9.17) is 10.5 Å². The third-order valence-electron chi connectivity index (χ3n) is 3.06. The van der Waals surface area contributed by atoms with Gasteiger partial charge in [0.2, 0.25) is 0 Å². The minimum atomic E-state index is -0.415. The van der Waals surface area contributed by atoms with Crippen molar-refractivity contribution < 1.29 is 9.53 Å². The van der Waals surface area contributed by atoms with Gasteiger partial charge in [0.15, 0.2) is 5.65 Å². The van der Waals surface area contributed by atoms with Crippen molar-refractivity contribution in [2.45, 2.75) is 32.2 Å². The molecule has 20 heavy (non-hydrogen) atoms. The van der Waals surface area contributed by atoms with Crippen molar-refractivity contribution in [3.63, 3.8) is 0 Å². The fourth-order valence-electron chi connectivity index (χ4n) is 2.10. The second-order valence-corrected chi connectivity index (χ2v) is 4.44. The Bertz CT molecular complexity index is 569. The van der Waals surface area contributed by atoms with Crippen LogP contribution in [-0.2, 0) is 9.53 Å². The smallest absolute Gasteiger partial charge is 0.329 e. The molecular formula is C13H19N5O2. The number of ether oxygens (including phenoxy) is 1. The molecule has 0 aliphatic carbocycles. The van der Waals surface area contributed by atoms with Crippen LogP contribution in [0.1, 0.15) is 32.2 Å². The SMILES string of the molecule is CCOC(=O)C(CCCCN)n1cnc2cncnc21. The van der Waals surface area contributed by atoms with Crippen molar-refractivity contribution in [3.8, 4) is 0 Å². The van der Waals surface area contributed by atoms with Gasteiger partial charge in [-0.3, -0.25) is 0 Å². The van der Waals surface area contributed by atoms with E-state index in [0.717, 1.165) is 12.8 Å². The van der Waals surface area contributed by atoms with Crippen LogP contribution in [0.3, 0.4) is 0 Å². The van der Waals surface area contributed by atoms with E-state index in [9.17, 15) is 4.79 Å². The first-order valence-electron chi connectivity index (χ1n) is 6.77. The summed E-state index contributed by atoms with van der Waals surface area (Å²) in [6.45, 7) is 2.76. The molecule has 0 spiro atoms. The van der Waals surface area contributed by atoms with Gasteiger partial charge in [0.25, 0.3) is 0 Å². The highest BCUT2D eigenvalue weighted by Crippen LogP contribution is 2.21.